The van der Waals surface area contributed by atoms with E-state index in [0.29, 0.717) is 6.54 Å². The SMILES string of the molecule is CCc1ccc(NC(=O)NCc2cc(C)n(-c3ccccc3OC)c2C)cc1. The van der Waals surface area contributed by atoms with Crippen molar-refractivity contribution >= 4 is 11.7 Å². The average Bonchev–Trinajstić information content (AvgIpc) is 3.00. The number of carbonyl (C=O) groups is 1. The lowest BCUT2D eigenvalue weighted by Crippen LogP contribution is -2.28. The van der Waals surface area contributed by atoms with Crippen LogP contribution in [0.1, 0.15) is 29.4 Å². The molecule has 0 bridgehead atoms. The van der Waals surface area contributed by atoms with Gasteiger partial charge in [-0.1, -0.05) is 31.2 Å². The minimum atomic E-state index is -0.216. The van der Waals surface area contributed by atoms with Crippen LogP contribution in [0.5, 0.6) is 5.75 Å². The van der Waals surface area contributed by atoms with Gasteiger partial charge in [-0.25, -0.2) is 4.79 Å². The molecule has 0 fully saturated rings. The van der Waals surface area contributed by atoms with Crippen LogP contribution >= 0.6 is 0 Å². The number of rotatable bonds is 6. The molecule has 146 valence electrons. The Morgan fingerprint density at radius 2 is 1.79 bits per heavy atom. The van der Waals surface area contributed by atoms with Crippen LogP contribution in [0.25, 0.3) is 5.69 Å². The first-order valence-corrected chi connectivity index (χ1v) is 9.48. The Bertz CT molecular complexity index is 958. The Morgan fingerprint density at radius 3 is 2.46 bits per heavy atom. The smallest absolute Gasteiger partial charge is 0.319 e. The van der Waals surface area contributed by atoms with Gasteiger partial charge in [-0.05, 0) is 61.7 Å². The summed E-state index contributed by atoms with van der Waals surface area (Å²) in [5.74, 6) is 0.817. The van der Waals surface area contributed by atoms with Crippen molar-refractivity contribution in [2.24, 2.45) is 0 Å². The number of nitrogens with one attached hydrogen (secondary N) is 2. The molecule has 0 aliphatic heterocycles. The molecule has 5 nitrogen and oxygen atoms in total. The molecule has 28 heavy (non-hydrogen) atoms. The van der Waals surface area contributed by atoms with Crippen molar-refractivity contribution in [3.63, 3.8) is 0 Å². The molecule has 0 radical (unpaired) electrons. The van der Waals surface area contributed by atoms with Crippen LogP contribution in [0.4, 0.5) is 10.5 Å². The molecule has 0 saturated heterocycles. The maximum absolute atomic E-state index is 12.3. The van der Waals surface area contributed by atoms with Gasteiger partial charge >= 0.3 is 6.03 Å². The summed E-state index contributed by atoms with van der Waals surface area (Å²) in [6, 6.07) is 17.7. The van der Waals surface area contributed by atoms with Crippen LogP contribution in [-0.2, 0) is 13.0 Å². The zero-order valence-corrected chi connectivity index (χ0v) is 16.9. The molecule has 0 saturated carbocycles. The van der Waals surface area contributed by atoms with E-state index in [-0.39, 0.29) is 6.03 Å². The van der Waals surface area contributed by atoms with Crippen LogP contribution in [0.15, 0.2) is 54.6 Å². The first-order valence-electron chi connectivity index (χ1n) is 9.48. The molecule has 0 atom stereocenters. The summed E-state index contributed by atoms with van der Waals surface area (Å²) in [6.07, 6.45) is 0.980. The van der Waals surface area contributed by atoms with Crippen molar-refractivity contribution in [1.29, 1.82) is 0 Å². The van der Waals surface area contributed by atoms with Gasteiger partial charge in [0.2, 0.25) is 0 Å². The lowest BCUT2D eigenvalue weighted by atomic mass is 10.1. The third-order valence-corrected chi connectivity index (χ3v) is 4.92. The average molecular weight is 377 g/mol. The molecule has 1 heterocycles. The summed E-state index contributed by atoms with van der Waals surface area (Å²) >= 11 is 0. The number of para-hydroxylation sites is 2. The van der Waals surface area contributed by atoms with Crippen LogP contribution in [-0.4, -0.2) is 17.7 Å². The van der Waals surface area contributed by atoms with E-state index in [9.17, 15) is 4.79 Å². The molecular weight excluding hydrogens is 350 g/mol. The molecule has 1 aromatic heterocycles. The summed E-state index contributed by atoms with van der Waals surface area (Å²) in [5, 5.41) is 5.82. The number of hydrogen-bond donors (Lipinski definition) is 2. The van der Waals surface area contributed by atoms with Crippen molar-refractivity contribution in [2.45, 2.75) is 33.7 Å². The van der Waals surface area contributed by atoms with E-state index in [0.717, 1.165) is 40.5 Å². The van der Waals surface area contributed by atoms with Gasteiger partial charge in [-0.15, -0.1) is 0 Å². The van der Waals surface area contributed by atoms with Gasteiger partial charge in [0.05, 0.1) is 12.8 Å². The van der Waals surface area contributed by atoms with E-state index in [1.807, 2.05) is 48.5 Å². The molecule has 0 aliphatic rings. The molecule has 0 spiro atoms. The number of methoxy groups -OCH3 is 1. The summed E-state index contributed by atoms with van der Waals surface area (Å²) in [7, 11) is 1.67. The minimum absolute atomic E-state index is 0.216. The van der Waals surface area contributed by atoms with E-state index in [1.54, 1.807) is 7.11 Å². The minimum Gasteiger partial charge on any atom is -0.495 e. The molecule has 3 aromatic rings. The summed E-state index contributed by atoms with van der Waals surface area (Å²) in [4.78, 5) is 12.3. The Morgan fingerprint density at radius 1 is 1.07 bits per heavy atom. The second kappa shape index (κ2) is 8.65. The zero-order valence-electron chi connectivity index (χ0n) is 16.9. The number of urea groups is 1. The number of aromatic nitrogens is 1. The molecule has 0 aliphatic carbocycles. The third-order valence-electron chi connectivity index (χ3n) is 4.92. The first kappa shape index (κ1) is 19.5. The van der Waals surface area contributed by atoms with Gasteiger partial charge in [0.25, 0.3) is 0 Å². The van der Waals surface area contributed by atoms with E-state index in [4.69, 9.17) is 4.74 Å². The quantitative estimate of drug-likeness (QED) is 0.636. The van der Waals surface area contributed by atoms with E-state index >= 15 is 0 Å². The van der Waals surface area contributed by atoms with Gasteiger partial charge in [-0.3, -0.25) is 0 Å². The predicted octanol–water partition coefficient (Wildman–Crippen LogP) is 4.99. The number of carbonyl (C=O) groups excluding carboxylic acids is 1. The Labute approximate surface area is 166 Å². The number of aryl methyl sites for hydroxylation is 2. The monoisotopic (exact) mass is 377 g/mol. The lowest BCUT2D eigenvalue weighted by molar-refractivity contribution is 0.251. The maximum Gasteiger partial charge on any atom is 0.319 e. The largest absolute Gasteiger partial charge is 0.495 e. The number of hydrogen-bond acceptors (Lipinski definition) is 2. The maximum atomic E-state index is 12.3. The fraction of sp³-hybridized carbons (Fsp3) is 0.261. The van der Waals surface area contributed by atoms with Crippen molar-refractivity contribution in [3.8, 4) is 11.4 Å². The highest BCUT2D eigenvalue weighted by molar-refractivity contribution is 5.89. The predicted molar refractivity (Wildman–Crippen MR) is 113 cm³/mol. The second-order valence-electron chi connectivity index (χ2n) is 6.76. The fourth-order valence-corrected chi connectivity index (χ4v) is 3.37. The van der Waals surface area contributed by atoms with Crippen LogP contribution < -0.4 is 15.4 Å². The molecule has 0 unspecified atom stereocenters. The molecule has 2 amide bonds. The zero-order chi connectivity index (χ0) is 20.1. The normalized spacial score (nSPS) is 10.6. The summed E-state index contributed by atoms with van der Waals surface area (Å²) < 4.78 is 7.65. The number of ether oxygens (including phenoxy) is 1. The number of amides is 2. The van der Waals surface area contributed by atoms with E-state index < -0.39 is 0 Å². The highest BCUT2D eigenvalue weighted by Gasteiger charge is 2.14. The van der Waals surface area contributed by atoms with E-state index in [1.165, 1.54) is 5.56 Å². The fourth-order valence-electron chi connectivity index (χ4n) is 3.37. The van der Waals surface area contributed by atoms with Crippen molar-refractivity contribution < 1.29 is 9.53 Å². The van der Waals surface area contributed by atoms with Crippen LogP contribution in [0.3, 0.4) is 0 Å². The number of nitrogens with zero attached hydrogens (tertiary/aromatic N) is 1. The van der Waals surface area contributed by atoms with Gasteiger partial charge in [0.1, 0.15) is 5.75 Å². The topological polar surface area (TPSA) is 55.3 Å². The highest BCUT2D eigenvalue weighted by Crippen LogP contribution is 2.27. The van der Waals surface area contributed by atoms with Gasteiger partial charge < -0.3 is 19.9 Å². The third kappa shape index (κ3) is 4.19. The lowest BCUT2D eigenvalue weighted by Gasteiger charge is -2.14. The number of benzene rings is 2. The van der Waals surface area contributed by atoms with Crippen molar-refractivity contribution in [1.82, 2.24) is 9.88 Å². The second-order valence-corrected chi connectivity index (χ2v) is 6.76. The standard InChI is InChI=1S/C23H27N3O2/c1-5-18-10-12-20(13-11-18)25-23(27)24-15-19-14-16(2)26(17(19)3)21-8-6-7-9-22(21)28-4/h6-14H,5,15H2,1-4H3,(H2,24,25,27). The molecule has 2 aromatic carbocycles. The molecule has 3 rings (SSSR count). The van der Waals surface area contributed by atoms with Crippen molar-refractivity contribution in [3.05, 3.63) is 77.1 Å². The van der Waals surface area contributed by atoms with Crippen LogP contribution in [0, 0.1) is 13.8 Å². The molecular formula is C23H27N3O2. The van der Waals surface area contributed by atoms with Gasteiger partial charge in [0, 0.05) is 23.6 Å². The first-order chi connectivity index (χ1) is 13.5. The number of anilines is 1. The Hall–Kier alpha value is -3.21. The van der Waals surface area contributed by atoms with Crippen molar-refractivity contribution in [2.75, 3.05) is 12.4 Å². The van der Waals surface area contributed by atoms with Gasteiger partial charge in [-0.2, -0.15) is 0 Å². The summed E-state index contributed by atoms with van der Waals surface area (Å²) in [6.45, 7) is 6.67. The van der Waals surface area contributed by atoms with E-state index in [2.05, 4.69) is 42.0 Å². The summed E-state index contributed by atoms with van der Waals surface area (Å²) in [5.41, 5.74) is 6.26. The Kier molecular flexibility index (Phi) is 6.04. The molecule has 5 heteroatoms. The van der Waals surface area contributed by atoms with Gasteiger partial charge in [0.15, 0.2) is 0 Å². The Balaban J connectivity index is 1.70. The highest BCUT2D eigenvalue weighted by atomic mass is 16.5. The molecule has 2 N–H and O–H groups in total. The van der Waals surface area contributed by atoms with Crippen LogP contribution in [0.2, 0.25) is 0 Å².